The molecule has 0 saturated heterocycles. The topological polar surface area (TPSA) is 32.3 Å². The first-order valence-electron chi connectivity index (χ1n) is 8.48. The van der Waals surface area contributed by atoms with Crippen LogP contribution in [-0.4, -0.2) is 23.4 Å². The van der Waals surface area contributed by atoms with E-state index in [2.05, 4.69) is 5.32 Å². The Morgan fingerprint density at radius 2 is 1.96 bits per heavy atom. The molecule has 0 heterocycles. The summed E-state index contributed by atoms with van der Waals surface area (Å²) >= 11 is 6.14. The zero-order valence-corrected chi connectivity index (χ0v) is 15.2. The zero-order valence-electron chi connectivity index (χ0n) is 14.5. The number of hydrogen-bond donors (Lipinski definition) is 1. The van der Waals surface area contributed by atoms with Gasteiger partial charge >= 0.3 is 0 Å². The van der Waals surface area contributed by atoms with Crippen LogP contribution in [0.5, 0.6) is 0 Å². The van der Waals surface area contributed by atoms with Crippen molar-refractivity contribution in [1.29, 1.82) is 0 Å². The Labute approximate surface area is 152 Å². The van der Waals surface area contributed by atoms with Crippen LogP contribution in [0, 0.1) is 19.7 Å². The third-order valence-corrected chi connectivity index (χ3v) is 5.07. The Morgan fingerprint density at radius 1 is 1.24 bits per heavy atom. The largest absolute Gasteiger partial charge is 0.325 e. The summed E-state index contributed by atoms with van der Waals surface area (Å²) in [6.45, 7) is 4.57. The third-order valence-electron chi connectivity index (χ3n) is 4.71. The van der Waals surface area contributed by atoms with Crippen molar-refractivity contribution in [2.24, 2.45) is 0 Å². The molecular formula is C20H22ClFN2O. The molecule has 0 atom stereocenters. The average Bonchev–Trinajstić information content (AvgIpc) is 3.39. The maximum atomic E-state index is 14.1. The molecule has 5 heteroatoms. The Kier molecular flexibility index (Phi) is 5.40. The second-order valence-corrected chi connectivity index (χ2v) is 7.04. The van der Waals surface area contributed by atoms with Crippen LogP contribution in [0.4, 0.5) is 10.1 Å². The first-order chi connectivity index (χ1) is 12.0. The van der Waals surface area contributed by atoms with Crippen molar-refractivity contribution >= 4 is 23.2 Å². The van der Waals surface area contributed by atoms with Crippen LogP contribution in [0.2, 0.25) is 5.02 Å². The Balaban J connectivity index is 1.70. The minimum absolute atomic E-state index is 0.0898. The van der Waals surface area contributed by atoms with Crippen LogP contribution in [0.3, 0.4) is 0 Å². The van der Waals surface area contributed by atoms with Crippen LogP contribution in [-0.2, 0) is 11.3 Å². The summed E-state index contributed by atoms with van der Waals surface area (Å²) in [4.78, 5) is 14.5. The smallest absolute Gasteiger partial charge is 0.238 e. The summed E-state index contributed by atoms with van der Waals surface area (Å²) in [5.41, 5.74) is 3.47. The molecule has 1 aliphatic rings. The molecule has 2 aromatic rings. The molecule has 0 aromatic heterocycles. The molecule has 2 aromatic carbocycles. The predicted molar refractivity (Wildman–Crippen MR) is 99.4 cm³/mol. The molecule has 3 rings (SSSR count). The van der Waals surface area contributed by atoms with E-state index in [-0.39, 0.29) is 18.3 Å². The standard InChI is InChI=1S/C20H22ClFN2O/c1-13-5-3-8-19(14(13)2)23-20(25)12-24(15-9-10-15)11-16-17(21)6-4-7-18(16)22/h3-8,15H,9-12H2,1-2H3,(H,23,25). The number of benzene rings is 2. The molecule has 1 saturated carbocycles. The Bertz CT molecular complexity index is 769. The van der Waals surface area contributed by atoms with E-state index in [1.54, 1.807) is 12.1 Å². The van der Waals surface area contributed by atoms with Gasteiger partial charge in [0.15, 0.2) is 0 Å². The van der Waals surface area contributed by atoms with E-state index < -0.39 is 0 Å². The monoisotopic (exact) mass is 360 g/mol. The minimum Gasteiger partial charge on any atom is -0.325 e. The summed E-state index contributed by atoms with van der Waals surface area (Å²) in [6, 6.07) is 10.8. The number of carbonyl (C=O) groups excluding carboxylic acids is 1. The van der Waals surface area contributed by atoms with Crippen molar-refractivity contribution in [2.75, 3.05) is 11.9 Å². The van der Waals surface area contributed by atoms with Gasteiger partial charge in [0.25, 0.3) is 0 Å². The number of rotatable bonds is 6. The van der Waals surface area contributed by atoms with Gasteiger partial charge in [-0.2, -0.15) is 0 Å². The van der Waals surface area contributed by atoms with Gasteiger partial charge in [-0.1, -0.05) is 29.8 Å². The molecule has 1 aliphatic carbocycles. The lowest BCUT2D eigenvalue weighted by molar-refractivity contribution is -0.117. The highest BCUT2D eigenvalue weighted by Gasteiger charge is 2.31. The van der Waals surface area contributed by atoms with E-state index in [1.165, 1.54) is 6.07 Å². The summed E-state index contributed by atoms with van der Waals surface area (Å²) in [7, 11) is 0. The van der Waals surface area contributed by atoms with Crippen LogP contribution in [0.1, 0.15) is 29.5 Å². The van der Waals surface area contributed by atoms with E-state index in [1.807, 2.05) is 36.9 Å². The quantitative estimate of drug-likeness (QED) is 0.809. The van der Waals surface area contributed by atoms with Gasteiger partial charge in [-0.05, 0) is 56.0 Å². The molecule has 0 unspecified atom stereocenters. The second-order valence-electron chi connectivity index (χ2n) is 6.63. The maximum Gasteiger partial charge on any atom is 0.238 e. The highest BCUT2D eigenvalue weighted by molar-refractivity contribution is 6.31. The molecule has 25 heavy (non-hydrogen) atoms. The lowest BCUT2D eigenvalue weighted by Gasteiger charge is -2.22. The van der Waals surface area contributed by atoms with E-state index in [0.717, 1.165) is 29.7 Å². The minimum atomic E-state index is -0.326. The predicted octanol–water partition coefficient (Wildman–Crippen LogP) is 4.70. The number of carbonyl (C=O) groups is 1. The van der Waals surface area contributed by atoms with Crippen LogP contribution in [0.15, 0.2) is 36.4 Å². The zero-order chi connectivity index (χ0) is 18.0. The third kappa shape index (κ3) is 4.39. The fourth-order valence-electron chi connectivity index (χ4n) is 2.90. The number of aryl methyl sites for hydroxylation is 1. The molecular weight excluding hydrogens is 339 g/mol. The highest BCUT2D eigenvalue weighted by Crippen LogP contribution is 2.30. The summed E-state index contributed by atoms with van der Waals surface area (Å²) in [5, 5.41) is 3.38. The van der Waals surface area contributed by atoms with Crippen LogP contribution >= 0.6 is 11.6 Å². The number of amides is 1. The van der Waals surface area contributed by atoms with Crippen molar-refractivity contribution in [3.8, 4) is 0 Å². The van der Waals surface area contributed by atoms with Crippen molar-refractivity contribution in [1.82, 2.24) is 4.90 Å². The normalized spacial score (nSPS) is 14.0. The lowest BCUT2D eigenvalue weighted by Crippen LogP contribution is -2.35. The molecule has 132 valence electrons. The van der Waals surface area contributed by atoms with Gasteiger partial charge < -0.3 is 5.32 Å². The van der Waals surface area contributed by atoms with Gasteiger partial charge in [0.05, 0.1) is 6.54 Å². The van der Waals surface area contributed by atoms with E-state index in [9.17, 15) is 9.18 Å². The first kappa shape index (κ1) is 17.9. The molecule has 1 amide bonds. The van der Waals surface area contributed by atoms with E-state index >= 15 is 0 Å². The Morgan fingerprint density at radius 3 is 2.64 bits per heavy atom. The van der Waals surface area contributed by atoms with Gasteiger partial charge in [0, 0.05) is 28.9 Å². The van der Waals surface area contributed by atoms with Crippen molar-refractivity contribution in [3.05, 3.63) is 63.9 Å². The molecule has 1 fully saturated rings. The molecule has 3 nitrogen and oxygen atoms in total. The van der Waals surface area contributed by atoms with Crippen molar-refractivity contribution in [2.45, 2.75) is 39.3 Å². The fraction of sp³-hybridized carbons (Fsp3) is 0.350. The van der Waals surface area contributed by atoms with E-state index in [4.69, 9.17) is 11.6 Å². The number of anilines is 1. The van der Waals surface area contributed by atoms with Gasteiger partial charge in [0.1, 0.15) is 5.82 Å². The number of hydrogen-bond acceptors (Lipinski definition) is 2. The van der Waals surface area contributed by atoms with Gasteiger partial charge in [-0.15, -0.1) is 0 Å². The molecule has 0 spiro atoms. The van der Waals surface area contributed by atoms with Crippen LogP contribution < -0.4 is 5.32 Å². The lowest BCUT2D eigenvalue weighted by atomic mass is 10.1. The van der Waals surface area contributed by atoms with E-state index in [0.29, 0.717) is 23.2 Å². The van der Waals surface area contributed by atoms with Crippen molar-refractivity contribution < 1.29 is 9.18 Å². The molecule has 1 N–H and O–H groups in total. The second kappa shape index (κ2) is 7.54. The molecule has 0 bridgehead atoms. The number of nitrogens with zero attached hydrogens (tertiary/aromatic N) is 1. The van der Waals surface area contributed by atoms with Gasteiger partial charge in [0.2, 0.25) is 5.91 Å². The summed E-state index contributed by atoms with van der Waals surface area (Å²) in [5.74, 6) is -0.416. The summed E-state index contributed by atoms with van der Waals surface area (Å²) in [6.07, 6.45) is 2.06. The average molecular weight is 361 g/mol. The number of nitrogens with one attached hydrogen (secondary N) is 1. The fourth-order valence-corrected chi connectivity index (χ4v) is 3.12. The SMILES string of the molecule is Cc1cccc(NC(=O)CN(Cc2c(F)cccc2Cl)C2CC2)c1C. The molecule has 0 aliphatic heterocycles. The summed E-state index contributed by atoms with van der Waals surface area (Å²) < 4.78 is 14.1. The highest BCUT2D eigenvalue weighted by atomic mass is 35.5. The van der Waals surface area contributed by atoms with Crippen LogP contribution in [0.25, 0.3) is 0 Å². The number of halogens is 2. The van der Waals surface area contributed by atoms with Crippen molar-refractivity contribution in [3.63, 3.8) is 0 Å². The van der Waals surface area contributed by atoms with Gasteiger partial charge in [-0.25, -0.2) is 4.39 Å². The first-order valence-corrected chi connectivity index (χ1v) is 8.86. The van der Waals surface area contributed by atoms with Gasteiger partial charge in [-0.3, -0.25) is 9.69 Å². The maximum absolute atomic E-state index is 14.1. The molecule has 0 radical (unpaired) electrons. The Hall–Kier alpha value is -1.91.